The number of rotatable bonds is 4. The van der Waals surface area contributed by atoms with Crippen molar-refractivity contribution in [2.45, 2.75) is 39.5 Å². The zero-order valence-electron chi connectivity index (χ0n) is 11.4. The summed E-state index contributed by atoms with van der Waals surface area (Å²) in [5.74, 6) is 0. The van der Waals surface area contributed by atoms with Crippen LogP contribution in [0.3, 0.4) is 0 Å². The summed E-state index contributed by atoms with van der Waals surface area (Å²) in [4.78, 5) is 11.5. The molecule has 0 aliphatic carbocycles. The van der Waals surface area contributed by atoms with Gasteiger partial charge in [0.05, 0.1) is 6.61 Å². The predicted octanol–water partition coefficient (Wildman–Crippen LogP) is 2.86. The van der Waals surface area contributed by atoms with Crippen molar-refractivity contribution in [3.63, 3.8) is 0 Å². The number of ether oxygens (including phenoxy) is 2. The highest BCUT2D eigenvalue weighted by molar-refractivity contribution is 5.67. The number of carbonyl (C=O) groups is 1. The highest BCUT2D eigenvalue weighted by Crippen LogP contribution is 2.11. The molecule has 1 aromatic carbocycles. The standard InChI is InChI=1S/C14H21NO3/c1-14(2,3)18-13(16)15-9-11-7-5-6-8-12(11)10-17-4/h5-8H,9-10H2,1-4H3,(H,15,16). The van der Waals surface area contributed by atoms with Gasteiger partial charge in [-0.3, -0.25) is 0 Å². The van der Waals surface area contributed by atoms with Crippen LogP contribution in [0.2, 0.25) is 0 Å². The van der Waals surface area contributed by atoms with E-state index in [2.05, 4.69) is 5.32 Å². The van der Waals surface area contributed by atoms with Crippen molar-refractivity contribution in [1.82, 2.24) is 5.32 Å². The summed E-state index contributed by atoms with van der Waals surface area (Å²) in [5.41, 5.74) is 1.62. The van der Waals surface area contributed by atoms with Crippen molar-refractivity contribution < 1.29 is 14.3 Å². The normalized spacial score (nSPS) is 11.1. The maximum atomic E-state index is 11.5. The summed E-state index contributed by atoms with van der Waals surface area (Å²) in [5, 5.41) is 2.74. The van der Waals surface area contributed by atoms with Crippen molar-refractivity contribution in [3.05, 3.63) is 35.4 Å². The van der Waals surface area contributed by atoms with Crippen LogP contribution in [0.5, 0.6) is 0 Å². The maximum Gasteiger partial charge on any atom is 0.407 e. The Hall–Kier alpha value is -1.55. The number of hydrogen-bond donors (Lipinski definition) is 1. The number of amides is 1. The smallest absolute Gasteiger partial charge is 0.407 e. The fraction of sp³-hybridized carbons (Fsp3) is 0.500. The molecular weight excluding hydrogens is 230 g/mol. The fourth-order valence-corrected chi connectivity index (χ4v) is 1.51. The molecule has 0 saturated heterocycles. The fourth-order valence-electron chi connectivity index (χ4n) is 1.51. The first kappa shape index (κ1) is 14.5. The molecule has 0 unspecified atom stereocenters. The van der Waals surface area contributed by atoms with Crippen LogP contribution in [-0.2, 0) is 22.6 Å². The predicted molar refractivity (Wildman–Crippen MR) is 70.2 cm³/mol. The molecule has 0 aromatic heterocycles. The molecule has 18 heavy (non-hydrogen) atoms. The summed E-state index contributed by atoms with van der Waals surface area (Å²) in [6, 6.07) is 7.83. The Morgan fingerprint density at radius 1 is 1.22 bits per heavy atom. The van der Waals surface area contributed by atoms with Gasteiger partial charge in [-0.05, 0) is 31.9 Å². The van der Waals surface area contributed by atoms with Crippen LogP contribution in [0.1, 0.15) is 31.9 Å². The lowest BCUT2D eigenvalue weighted by Crippen LogP contribution is -2.32. The number of benzene rings is 1. The molecule has 0 bridgehead atoms. The number of carbonyl (C=O) groups excluding carboxylic acids is 1. The summed E-state index contributed by atoms with van der Waals surface area (Å²) in [6.45, 7) is 6.49. The minimum Gasteiger partial charge on any atom is -0.444 e. The third kappa shape index (κ3) is 5.19. The van der Waals surface area contributed by atoms with Crippen LogP contribution in [-0.4, -0.2) is 18.8 Å². The Kier molecular flexibility index (Phi) is 5.16. The van der Waals surface area contributed by atoms with Gasteiger partial charge in [0.2, 0.25) is 0 Å². The largest absolute Gasteiger partial charge is 0.444 e. The SMILES string of the molecule is COCc1ccccc1CNC(=O)OC(C)(C)C. The van der Waals surface area contributed by atoms with E-state index in [-0.39, 0.29) is 0 Å². The lowest BCUT2D eigenvalue weighted by molar-refractivity contribution is 0.0523. The molecule has 0 aliphatic heterocycles. The Morgan fingerprint density at radius 3 is 2.39 bits per heavy atom. The maximum absolute atomic E-state index is 11.5. The van der Waals surface area contributed by atoms with Crippen LogP contribution >= 0.6 is 0 Å². The van der Waals surface area contributed by atoms with Crippen LogP contribution in [0.4, 0.5) is 4.79 Å². The van der Waals surface area contributed by atoms with Gasteiger partial charge in [-0.25, -0.2) is 4.79 Å². The van der Waals surface area contributed by atoms with Crippen LogP contribution in [0.25, 0.3) is 0 Å². The van der Waals surface area contributed by atoms with Crippen LogP contribution < -0.4 is 5.32 Å². The lowest BCUT2D eigenvalue weighted by atomic mass is 10.1. The zero-order valence-corrected chi connectivity index (χ0v) is 11.4. The van der Waals surface area contributed by atoms with Crippen molar-refractivity contribution in [2.75, 3.05) is 7.11 Å². The van der Waals surface area contributed by atoms with E-state index in [1.807, 2.05) is 45.0 Å². The third-order valence-electron chi connectivity index (χ3n) is 2.24. The van der Waals surface area contributed by atoms with Gasteiger partial charge in [0, 0.05) is 13.7 Å². The van der Waals surface area contributed by atoms with Crippen molar-refractivity contribution in [3.8, 4) is 0 Å². The van der Waals surface area contributed by atoms with Gasteiger partial charge >= 0.3 is 6.09 Å². The quantitative estimate of drug-likeness (QED) is 0.895. The first-order valence-electron chi connectivity index (χ1n) is 5.95. The Morgan fingerprint density at radius 2 is 1.83 bits per heavy atom. The minimum absolute atomic E-state index is 0.408. The molecule has 0 atom stereocenters. The number of alkyl carbamates (subject to hydrolysis) is 1. The van der Waals surface area contributed by atoms with Gasteiger partial charge in [0.1, 0.15) is 5.60 Å². The number of nitrogens with one attached hydrogen (secondary N) is 1. The molecular formula is C14H21NO3. The Balaban J connectivity index is 2.55. The molecule has 0 spiro atoms. The zero-order chi connectivity index (χ0) is 13.6. The van der Waals surface area contributed by atoms with E-state index in [9.17, 15) is 4.79 Å². The highest BCUT2D eigenvalue weighted by Gasteiger charge is 2.15. The Bertz CT molecular complexity index is 396. The second-order valence-electron chi connectivity index (χ2n) is 5.06. The van der Waals surface area contributed by atoms with Crippen molar-refractivity contribution in [2.24, 2.45) is 0 Å². The van der Waals surface area contributed by atoms with Crippen molar-refractivity contribution >= 4 is 6.09 Å². The second-order valence-corrected chi connectivity index (χ2v) is 5.06. The highest BCUT2D eigenvalue weighted by atomic mass is 16.6. The van der Waals surface area contributed by atoms with E-state index in [1.54, 1.807) is 7.11 Å². The van der Waals surface area contributed by atoms with Gasteiger partial charge in [0.25, 0.3) is 0 Å². The van der Waals surface area contributed by atoms with Gasteiger partial charge < -0.3 is 14.8 Å². The average Bonchev–Trinajstić information content (AvgIpc) is 2.26. The first-order valence-corrected chi connectivity index (χ1v) is 5.95. The first-order chi connectivity index (χ1) is 8.42. The van der Waals surface area contributed by atoms with Gasteiger partial charge in [-0.15, -0.1) is 0 Å². The number of methoxy groups -OCH3 is 1. The topological polar surface area (TPSA) is 47.6 Å². The molecule has 1 aromatic rings. The summed E-state index contributed by atoms with van der Waals surface area (Å²) in [6.07, 6.45) is -0.408. The summed E-state index contributed by atoms with van der Waals surface area (Å²) < 4.78 is 10.3. The third-order valence-corrected chi connectivity index (χ3v) is 2.24. The molecule has 0 aliphatic rings. The monoisotopic (exact) mass is 251 g/mol. The van der Waals surface area contributed by atoms with E-state index in [0.717, 1.165) is 11.1 Å². The molecule has 4 nitrogen and oxygen atoms in total. The van der Waals surface area contributed by atoms with Crippen molar-refractivity contribution in [1.29, 1.82) is 0 Å². The van der Waals surface area contributed by atoms with Gasteiger partial charge in [-0.1, -0.05) is 24.3 Å². The lowest BCUT2D eigenvalue weighted by Gasteiger charge is -2.20. The average molecular weight is 251 g/mol. The van der Waals surface area contributed by atoms with E-state index in [4.69, 9.17) is 9.47 Å². The van der Waals surface area contributed by atoms with Crippen LogP contribution in [0, 0.1) is 0 Å². The molecule has 0 fully saturated rings. The van der Waals surface area contributed by atoms with Crippen LogP contribution in [0.15, 0.2) is 24.3 Å². The molecule has 100 valence electrons. The Labute approximate surface area is 108 Å². The van der Waals surface area contributed by atoms with Gasteiger partial charge in [0.15, 0.2) is 0 Å². The molecule has 1 amide bonds. The number of hydrogen-bond acceptors (Lipinski definition) is 3. The molecule has 0 heterocycles. The van der Waals surface area contributed by atoms with E-state index >= 15 is 0 Å². The molecule has 0 saturated carbocycles. The van der Waals surface area contributed by atoms with E-state index < -0.39 is 11.7 Å². The molecule has 0 radical (unpaired) electrons. The summed E-state index contributed by atoms with van der Waals surface area (Å²) in [7, 11) is 1.65. The molecule has 1 N–H and O–H groups in total. The molecule has 1 rings (SSSR count). The molecule has 4 heteroatoms. The van der Waals surface area contributed by atoms with Gasteiger partial charge in [-0.2, -0.15) is 0 Å². The van der Waals surface area contributed by atoms with E-state index in [0.29, 0.717) is 13.2 Å². The van der Waals surface area contributed by atoms with E-state index in [1.165, 1.54) is 0 Å². The minimum atomic E-state index is -0.476. The second kappa shape index (κ2) is 6.40. The summed E-state index contributed by atoms with van der Waals surface area (Å²) >= 11 is 0.